The van der Waals surface area contributed by atoms with Gasteiger partial charge in [0.2, 0.25) is 5.91 Å². The molecule has 0 spiro atoms. The molecule has 0 aliphatic heterocycles. The average Bonchev–Trinajstić information content (AvgIpc) is 3.36. The van der Waals surface area contributed by atoms with Gasteiger partial charge in [-0.1, -0.05) is 11.8 Å². The monoisotopic (exact) mass is 502 g/mol. The number of carbonyl (C=O) groups excluding carboxylic acids is 2. The van der Waals surface area contributed by atoms with E-state index in [0.717, 1.165) is 36.1 Å². The van der Waals surface area contributed by atoms with Gasteiger partial charge in [0.05, 0.1) is 16.2 Å². The topological polar surface area (TPSA) is 155 Å². The van der Waals surface area contributed by atoms with Crippen LogP contribution in [0, 0.1) is 10.1 Å². The third kappa shape index (κ3) is 5.20. The molecule has 2 amide bonds. The van der Waals surface area contributed by atoms with Crippen LogP contribution < -0.4 is 15.8 Å². The molecular weight excluding hydrogens is 480 g/mol. The minimum atomic E-state index is -0.520. The number of nitrogens with one attached hydrogen (secondary N) is 1. The Kier molecular flexibility index (Phi) is 7.12. The van der Waals surface area contributed by atoms with Crippen LogP contribution >= 0.6 is 23.1 Å². The maximum absolute atomic E-state index is 12.6. The van der Waals surface area contributed by atoms with Gasteiger partial charge >= 0.3 is 0 Å². The van der Waals surface area contributed by atoms with Crippen LogP contribution in [0.25, 0.3) is 0 Å². The maximum Gasteiger partial charge on any atom is 0.269 e. The van der Waals surface area contributed by atoms with E-state index in [0.29, 0.717) is 27.3 Å². The Morgan fingerprint density at radius 1 is 1.26 bits per heavy atom. The van der Waals surface area contributed by atoms with Crippen LogP contribution in [0.5, 0.6) is 5.75 Å². The number of nitro groups is 1. The molecule has 1 aliphatic carbocycles. The molecule has 178 valence electrons. The molecule has 0 unspecified atom stereocenters. The van der Waals surface area contributed by atoms with Gasteiger partial charge in [0.1, 0.15) is 17.4 Å². The molecule has 0 fully saturated rings. The lowest BCUT2D eigenvalue weighted by Gasteiger charge is -2.11. The van der Waals surface area contributed by atoms with E-state index in [9.17, 15) is 19.7 Å². The third-order valence-electron chi connectivity index (χ3n) is 5.34. The molecule has 0 radical (unpaired) electrons. The standard InChI is InChI=1S/C21H22N6O5S2/c1-26-16(10-32-13-8-6-12(7-9-13)27(30)31)24-25-21(26)33-11-17(28)23-20-18(19(22)29)14-4-2-3-5-15(14)34-20/h6-9H,2-5,10-11H2,1H3,(H2,22,29)(H,23,28). The lowest BCUT2D eigenvalue weighted by atomic mass is 9.95. The van der Waals surface area contributed by atoms with Crippen molar-refractivity contribution in [1.29, 1.82) is 0 Å². The number of benzene rings is 1. The smallest absolute Gasteiger partial charge is 0.269 e. The zero-order valence-corrected chi connectivity index (χ0v) is 19.9. The number of anilines is 1. The highest BCUT2D eigenvalue weighted by Crippen LogP contribution is 2.38. The van der Waals surface area contributed by atoms with E-state index < -0.39 is 10.8 Å². The van der Waals surface area contributed by atoms with Crippen LogP contribution in [-0.4, -0.2) is 37.3 Å². The Hall–Kier alpha value is -3.45. The Morgan fingerprint density at radius 3 is 2.71 bits per heavy atom. The summed E-state index contributed by atoms with van der Waals surface area (Å²) in [5.41, 5.74) is 6.97. The van der Waals surface area contributed by atoms with Gasteiger partial charge in [0.15, 0.2) is 11.0 Å². The zero-order chi connectivity index (χ0) is 24.2. The van der Waals surface area contributed by atoms with Gasteiger partial charge in [-0.25, -0.2) is 0 Å². The minimum absolute atomic E-state index is 0.0198. The van der Waals surface area contributed by atoms with Crippen molar-refractivity contribution in [3.05, 3.63) is 56.2 Å². The molecule has 4 rings (SSSR count). The molecule has 34 heavy (non-hydrogen) atoms. The number of non-ortho nitro benzene ring substituents is 1. The number of nitro benzene ring substituents is 1. The second-order valence-corrected chi connectivity index (χ2v) is 9.66. The van der Waals surface area contributed by atoms with Crippen LogP contribution in [0.15, 0.2) is 29.4 Å². The number of rotatable bonds is 9. The fraction of sp³-hybridized carbons (Fsp3) is 0.333. The largest absolute Gasteiger partial charge is 0.486 e. The van der Waals surface area contributed by atoms with Crippen LogP contribution in [-0.2, 0) is 31.3 Å². The molecule has 0 atom stereocenters. The number of thioether (sulfide) groups is 1. The molecule has 0 bridgehead atoms. The summed E-state index contributed by atoms with van der Waals surface area (Å²) < 4.78 is 7.33. The SMILES string of the molecule is Cn1c(COc2ccc([N+](=O)[O-])cc2)nnc1SCC(=O)Nc1sc2c(c1C(N)=O)CCCC2. The molecule has 0 saturated carbocycles. The van der Waals surface area contributed by atoms with Crippen LogP contribution in [0.2, 0.25) is 0 Å². The number of ether oxygens (including phenoxy) is 1. The first kappa shape index (κ1) is 23.7. The van der Waals surface area contributed by atoms with Crippen molar-refractivity contribution in [2.45, 2.75) is 37.4 Å². The first-order valence-electron chi connectivity index (χ1n) is 10.5. The van der Waals surface area contributed by atoms with E-state index in [1.54, 1.807) is 11.6 Å². The highest BCUT2D eigenvalue weighted by Gasteiger charge is 2.25. The number of carbonyl (C=O) groups is 2. The van der Waals surface area contributed by atoms with Crippen molar-refractivity contribution in [2.24, 2.45) is 12.8 Å². The Bertz CT molecular complexity index is 1240. The number of fused-ring (bicyclic) bond motifs is 1. The fourth-order valence-electron chi connectivity index (χ4n) is 3.62. The van der Waals surface area contributed by atoms with Gasteiger partial charge in [-0.2, -0.15) is 0 Å². The van der Waals surface area contributed by atoms with Crippen molar-refractivity contribution in [3.8, 4) is 5.75 Å². The van der Waals surface area contributed by atoms with Crippen molar-refractivity contribution in [1.82, 2.24) is 14.8 Å². The minimum Gasteiger partial charge on any atom is -0.486 e. The molecule has 3 N–H and O–H groups in total. The Balaban J connectivity index is 1.34. The van der Waals surface area contributed by atoms with E-state index in [2.05, 4.69) is 15.5 Å². The van der Waals surface area contributed by atoms with Gasteiger partial charge in [0.25, 0.3) is 11.6 Å². The first-order valence-corrected chi connectivity index (χ1v) is 12.3. The highest BCUT2D eigenvalue weighted by molar-refractivity contribution is 7.99. The van der Waals surface area contributed by atoms with E-state index in [1.165, 1.54) is 47.4 Å². The van der Waals surface area contributed by atoms with Crippen LogP contribution in [0.1, 0.15) is 39.5 Å². The van der Waals surface area contributed by atoms with Crippen molar-refractivity contribution < 1.29 is 19.2 Å². The van der Waals surface area contributed by atoms with Crippen molar-refractivity contribution >= 4 is 45.6 Å². The Labute approximate surface area is 202 Å². The molecule has 0 saturated heterocycles. The molecule has 11 nitrogen and oxygen atoms in total. The predicted octanol–water partition coefficient (Wildman–Crippen LogP) is 3.07. The number of aryl methyl sites for hydroxylation is 1. The number of hydrogen-bond acceptors (Lipinski definition) is 9. The number of amides is 2. The molecular formula is C21H22N6O5S2. The number of primary amides is 1. The summed E-state index contributed by atoms with van der Waals surface area (Å²) in [6.45, 7) is 0.108. The van der Waals surface area contributed by atoms with E-state index in [1.807, 2.05) is 0 Å². The maximum atomic E-state index is 12.6. The summed E-state index contributed by atoms with van der Waals surface area (Å²) in [5.74, 6) is 0.288. The number of thiophene rings is 1. The molecule has 1 aromatic carbocycles. The zero-order valence-electron chi connectivity index (χ0n) is 18.3. The van der Waals surface area contributed by atoms with E-state index in [4.69, 9.17) is 10.5 Å². The van der Waals surface area contributed by atoms with Crippen LogP contribution in [0.3, 0.4) is 0 Å². The normalized spacial score (nSPS) is 12.7. The number of nitrogens with two attached hydrogens (primary N) is 1. The van der Waals surface area contributed by atoms with Gasteiger partial charge in [-0.15, -0.1) is 21.5 Å². The second-order valence-electron chi connectivity index (χ2n) is 7.61. The first-order chi connectivity index (χ1) is 16.3. The van der Waals surface area contributed by atoms with E-state index >= 15 is 0 Å². The summed E-state index contributed by atoms with van der Waals surface area (Å²) in [6.07, 6.45) is 3.78. The van der Waals surface area contributed by atoms with Gasteiger partial charge in [-0.05, 0) is 43.4 Å². The van der Waals surface area contributed by atoms with Crippen LogP contribution in [0.4, 0.5) is 10.7 Å². The average molecular weight is 503 g/mol. The summed E-state index contributed by atoms with van der Waals surface area (Å²) in [4.78, 5) is 35.9. The summed E-state index contributed by atoms with van der Waals surface area (Å²) in [7, 11) is 1.76. The molecule has 2 heterocycles. The van der Waals surface area contributed by atoms with E-state index in [-0.39, 0.29) is 24.0 Å². The summed E-state index contributed by atoms with van der Waals surface area (Å²) in [5, 5.41) is 22.8. The van der Waals surface area contributed by atoms with Crippen molar-refractivity contribution in [3.63, 3.8) is 0 Å². The molecule has 1 aliphatic rings. The van der Waals surface area contributed by atoms with Gasteiger partial charge in [-0.3, -0.25) is 19.7 Å². The third-order valence-corrected chi connectivity index (χ3v) is 7.57. The number of nitrogens with zero attached hydrogens (tertiary/aromatic N) is 4. The molecule has 13 heteroatoms. The van der Waals surface area contributed by atoms with Gasteiger partial charge in [0, 0.05) is 24.1 Å². The lowest BCUT2D eigenvalue weighted by Crippen LogP contribution is -2.19. The van der Waals surface area contributed by atoms with Gasteiger partial charge < -0.3 is 20.4 Å². The number of hydrogen-bond donors (Lipinski definition) is 2. The predicted molar refractivity (Wildman–Crippen MR) is 127 cm³/mol. The fourth-order valence-corrected chi connectivity index (χ4v) is 5.66. The highest BCUT2D eigenvalue weighted by atomic mass is 32.2. The summed E-state index contributed by atoms with van der Waals surface area (Å²) in [6, 6.07) is 5.74. The quantitative estimate of drug-likeness (QED) is 0.257. The molecule has 2 aromatic heterocycles. The molecule has 3 aromatic rings. The second kappa shape index (κ2) is 10.2. The lowest BCUT2D eigenvalue weighted by molar-refractivity contribution is -0.384. The summed E-state index contributed by atoms with van der Waals surface area (Å²) >= 11 is 2.63. The number of aromatic nitrogens is 3. The van der Waals surface area contributed by atoms with Crippen molar-refractivity contribution in [2.75, 3.05) is 11.1 Å². The Morgan fingerprint density at radius 2 is 2.00 bits per heavy atom.